The predicted octanol–water partition coefficient (Wildman–Crippen LogP) is 2.97. The molecule has 3 rings (SSSR count). The van der Waals surface area contributed by atoms with Gasteiger partial charge < -0.3 is 9.72 Å². The number of nitrogens with one attached hydrogen (secondary N) is 1. The second-order valence-electron chi connectivity index (χ2n) is 6.52. The Morgan fingerprint density at radius 3 is 2.81 bits per heavy atom. The maximum atomic E-state index is 12.9. The number of carbonyl (C=O) groups excluding carboxylic acids is 1. The average molecular weight is 285 g/mol. The molecule has 0 amide bonds. The van der Waals surface area contributed by atoms with E-state index in [1.165, 1.54) is 6.92 Å². The first kappa shape index (κ1) is 13.9. The minimum Gasteiger partial charge on any atom is -0.426 e. The van der Waals surface area contributed by atoms with Crippen molar-refractivity contribution in [3.05, 3.63) is 39.7 Å². The van der Waals surface area contributed by atoms with E-state index in [-0.39, 0.29) is 10.8 Å². The lowest BCUT2D eigenvalue weighted by atomic mass is 9.75. The summed E-state index contributed by atoms with van der Waals surface area (Å²) in [5.41, 5.74) is 2.70. The lowest BCUT2D eigenvalue weighted by molar-refractivity contribution is -0.131. The lowest BCUT2D eigenvalue weighted by Crippen LogP contribution is -2.29. The Labute approximate surface area is 123 Å². The summed E-state index contributed by atoms with van der Waals surface area (Å²) < 4.78 is 5.19. The largest absolute Gasteiger partial charge is 0.426 e. The van der Waals surface area contributed by atoms with E-state index in [0.717, 1.165) is 36.0 Å². The van der Waals surface area contributed by atoms with Crippen LogP contribution in [0.25, 0.3) is 10.9 Å². The van der Waals surface area contributed by atoms with E-state index in [0.29, 0.717) is 11.1 Å². The zero-order chi connectivity index (χ0) is 15.2. The Balaban J connectivity index is 2.27. The number of fused-ring (bicyclic) bond motifs is 2. The first-order valence-corrected chi connectivity index (χ1v) is 7.22. The molecule has 4 heteroatoms. The van der Waals surface area contributed by atoms with Gasteiger partial charge in [-0.05, 0) is 36.8 Å². The van der Waals surface area contributed by atoms with E-state index in [1.807, 2.05) is 6.07 Å². The number of benzene rings is 1. The Morgan fingerprint density at radius 1 is 1.33 bits per heavy atom. The van der Waals surface area contributed by atoms with Crippen molar-refractivity contribution in [2.24, 2.45) is 5.41 Å². The summed E-state index contributed by atoms with van der Waals surface area (Å²) in [4.78, 5) is 27.4. The first-order valence-electron chi connectivity index (χ1n) is 7.22. The molecule has 2 aromatic rings. The molecule has 1 aliphatic rings. The molecule has 1 heterocycles. The molecule has 0 atom stereocenters. The van der Waals surface area contributed by atoms with Gasteiger partial charge in [0.15, 0.2) is 5.43 Å². The van der Waals surface area contributed by atoms with Gasteiger partial charge in [0, 0.05) is 18.2 Å². The van der Waals surface area contributed by atoms with E-state index in [1.54, 1.807) is 12.1 Å². The van der Waals surface area contributed by atoms with Crippen LogP contribution in [-0.2, 0) is 17.6 Å². The second kappa shape index (κ2) is 4.72. The van der Waals surface area contributed by atoms with Crippen LogP contribution >= 0.6 is 0 Å². The zero-order valence-electron chi connectivity index (χ0n) is 12.6. The predicted molar refractivity (Wildman–Crippen MR) is 81.7 cm³/mol. The van der Waals surface area contributed by atoms with E-state index in [4.69, 9.17) is 4.74 Å². The van der Waals surface area contributed by atoms with Gasteiger partial charge in [-0.15, -0.1) is 0 Å². The smallest absolute Gasteiger partial charge is 0.308 e. The maximum Gasteiger partial charge on any atom is 0.308 e. The lowest BCUT2D eigenvalue weighted by Gasteiger charge is -2.30. The van der Waals surface area contributed by atoms with Crippen LogP contribution in [0.15, 0.2) is 23.0 Å². The molecule has 1 aromatic heterocycles. The molecule has 21 heavy (non-hydrogen) atoms. The molecule has 1 N–H and O–H groups in total. The van der Waals surface area contributed by atoms with Gasteiger partial charge in [0.05, 0.1) is 10.9 Å². The Morgan fingerprint density at radius 2 is 2.10 bits per heavy atom. The quantitative estimate of drug-likeness (QED) is 0.647. The number of aromatic amines is 1. The van der Waals surface area contributed by atoms with Crippen molar-refractivity contribution in [1.82, 2.24) is 4.98 Å². The number of hydrogen-bond acceptors (Lipinski definition) is 3. The van der Waals surface area contributed by atoms with Crippen molar-refractivity contribution in [2.45, 2.75) is 40.0 Å². The normalized spacial score (nSPS) is 16.5. The summed E-state index contributed by atoms with van der Waals surface area (Å²) in [6.07, 6.45) is 2.69. The third-order valence-corrected chi connectivity index (χ3v) is 4.14. The van der Waals surface area contributed by atoms with Gasteiger partial charge in [0.25, 0.3) is 0 Å². The summed E-state index contributed by atoms with van der Waals surface area (Å²) in [6.45, 7) is 5.70. The standard InChI is InChI=1S/C17H19NO3/c1-10(19)21-14-6-4-5-13-15(14)16(20)11-9-17(2,3)8-7-12(11)18-13/h4-6H,7-9H2,1-3H3,(H,18,20). The minimum atomic E-state index is -0.417. The highest BCUT2D eigenvalue weighted by atomic mass is 16.5. The van der Waals surface area contributed by atoms with Crippen molar-refractivity contribution in [1.29, 1.82) is 0 Å². The van der Waals surface area contributed by atoms with Crippen LogP contribution < -0.4 is 10.2 Å². The third kappa shape index (κ3) is 2.46. The molecule has 1 aliphatic carbocycles. The number of ether oxygens (including phenoxy) is 1. The SMILES string of the molecule is CC(=O)Oc1cccc2[nH]c3c(c(=O)c12)CC(C)(C)CC3. The summed E-state index contributed by atoms with van der Waals surface area (Å²) in [7, 11) is 0. The van der Waals surface area contributed by atoms with Gasteiger partial charge in [-0.3, -0.25) is 9.59 Å². The molecule has 0 spiro atoms. The summed E-state index contributed by atoms with van der Waals surface area (Å²) in [5, 5.41) is 0.476. The van der Waals surface area contributed by atoms with Crippen molar-refractivity contribution in [3.63, 3.8) is 0 Å². The first-order chi connectivity index (χ1) is 9.87. The van der Waals surface area contributed by atoms with Crippen molar-refractivity contribution in [3.8, 4) is 5.75 Å². The van der Waals surface area contributed by atoms with Gasteiger partial charge in [0.1, 0.15) is 5.75 Å². The number of esters is 1. The summed E-state index contributed by atoms with van der Waals surface area (Å²) in [5.74, 6) is -0.0765. The van der Waals surface area contributed by atoms with Gasteiger partial charge in [-0.25, -0.2) is 0 Å². The van der Waals surface area contributed by atoms with E-state index < -0.39 is 5.97 Å². The monoisotopic (exact) mass is 285 g/mol. The van der Waals surface area contributed by atoms with Crippen molar-refractivity contribution in [2.75, 3.05) is 0 Å². The van der Waals surface area contributed by atoms with Gasteiger partial charge in [0.2, 0.25) is 0 Å². The number of hydrogen-bond donors (Lipinski definition) is 1. The molecule has 0 saturated heterocycles. The molecule has 0 fully saturated rings. The fourth-order valence-corrected chi connectivity index (χ4v) is 3.07. The third-order valence-electron chi connectivity index (χ3n) is 4.14. The van der Waals surface area contributed by atoms with Gasteiger partial charge >= 0.3 is 5.97 Å². The molecule has 0 radical (unpaired) electrons. The molecule has 0 bridgehead atoms. The number of H-pyrrole nitrogens is 1. The van der Waals surface area contributed by atoms with E-state index >= 15 is 0 Å². The zero-order valence-corrected chi connectivity index (χ0v) is 12.6. The second-order valence-corrected chi connectivity index (χ2v) is 6.52. The number of carbonyl (C=O) groups is 1. The molecule has 0 aliphatic heterocycles. The van der Waals surface area contributed by atoms with E-state index in [9.17, 15) is 9.59 Å². The van der Waals surface area contributed by atoms with Crippen LogP contribution in [0.2, 0.25) is 0 Å². The van der Waals surface area contributed by atoms with Crippen molar-refractivity contribution >= 4 is 16.9 Å². The molecule has 0 saturated carbocycles. The van der Waals surface area contributed by atoms with Crippen LogP contribution in [0.4, 0.5) is 0 Å². The highest BCUT2D eigenvalue weighted by Gasteiger charge is 2.28. The molecule has 0 unspecified atom stereocenters. The molecular formula is C17H19NO3. The minimum absolute atomic E-state index is 0.0108. The molecular weight excluding hydrogens is 266 g/mol. The van der Waals surface area contributed by atoms with Crippen LogP contribution in [0.1, 0.15) is 38.4 Å². The maximum absolute atomic E-state index is 12.9. The molecule has 1 aromatic carbocycles. The van der Waals surface area contributed by atoms with Crippen LogP contribution in [0, 0.1) is 5.41 Å². The number of rotatable bonds is 1. The van der Waals surface area contributed by atoms with Gasteiger partial charge in [-0.1, -0.05) is 19.9 Å². The Kier molecular flexibility index (Phi) is 3.12. The Hall–Kier alpha value is -2.10. The van der Waals surface area contributed by atoms with Crippen LogP contribution in [0.3, 0.4) is 0 Å². The average Bonchev–Trinajstić information content (AvgIpc) is 2.39. The highest BCUT2D eigenvalue weighted by Crippen LogP contribution is 2.34. The van der Waals surface area contributed by atoms with E-state index in [2.05, 4.69) is 18.8 Å². The number of pyridine rings is 1. The molecule has 110 valence electrons. The number of aromatic nitrogens is 1. The highest BCUT2D eigenvalue weighted by molar-refractivity contribution is 5.88. The van der Waals surface area contributed by atoms with Crippen molar-refractivity contribution < 1.29 is 9.53 Å². The molecule has 4 nitrogen and oxygen atoms in total. The topological polar surface area (TPSA) is 59.2 Å². The summed E-state index contributed by atoms with van der Waals surface area (Å²) in [6, 6.07) is 5.30. The Bertz CT molecular complexity index is 786. The van der Waals surface area contributed by atoms with Crippen LogP contribution in [0.5, 0.6) is 5.75 Å². The number of aryl methyl sites for hydroxylation is 1. The summed E-state index contributed by atoms with van der Waals surface area (Å²) >= 11 is 0. The van der Waals surface area contributed by atoms with Gasteiger partial charge in [-0.2, -0.15) is 0 Å². The van der Waals surface area contributed by atoms with Crippen LogP contribution in [-0.4, -0.2) is 11.0 Å². The fourth-order valence-electron chi connectivity index (χ4n) is 3.07. The fraction of sp³-hybridized carbons (Fsp3) is 0.412.